The number of fused-ring (bicyclic) bond motifs is 2. The Labute approximate surface area is 198 Å². The maximum atomic E-state index is 15.9. The summed E-state index contributed by atoms with van der Waals surface area (Å²) in [7, 11) is 0. The monoisotopic (exact) mass is 465 g/mol. The maximum absolute atomic E-state index is 15.9. The quantitative estimate of drug-likeness (QED) is 0.336. The minimum Gasteiger partial charge on any atom is -0.336 e. The molecule has 0 fully saturated rings. The van der Waals surface area contributed by atoms with Gasteiger partial charge in [-0.2, -0.15) is 5.10 Å². The highest BCUT2D eigenvalue weighted by Gasteiger charge is 2.21. The number of aromatic nitrogens is 8. The Balaban J connectivity index is 1.48. The fourth-order valence-electron chi connectivity index (χ4n) is 4.09. The van der Waals surface area contributed by atoms with Gasteiger partial charge in [0.25, 0.3) is 0 Å². The molecule has 0 saturated carbocycles. The molecule has 0 aromatic carbocycles. The van der Waals surface area contributed by atoms with E-state index in [1.807, 2.05) is 31.2 Å². The predicted molar refractivity (Wildman–Crippen MR) is 131 cm³/mol. The fourth-order valence-corrected chi connectivity index (χ4v) is 4.09. The van der Waals surface area contributed by atoms with Gasteiger partial charge >= 0.3 is 0 Å². The summed E-state index contributed by atoms with van der Waals surface area (Å²) >= 11 is 0. The second-order valence-electron chi connectivity index (χ2n) is 8.03. The number of nitrogens with one attached hydrogen (secondary N) is 3. The SMILES string of the molecule is CCNCc1cncc(-c2cnc3[nH]nc(-c4nc5c(-c6cccnc6)nccc5[nH]4)c3c2F)c1. The molecule has 6 aromatic rings. The normalized spacial score (nSPS) is 11.5. The Morgan fingerprint density at radius 1 is 0.971 bits per heavy atom. The highest BCUT2D eigenvalue weighted by atomic mass is 19.1. The largest absolute Gasteiger partial charge is 0.336 e. The van der Waals surface area contributed by atoms with Crippen LogP contribution in [0.2, 0.25) is 0 Å². The molecule has 0 unspecified atom stereocenters. The number of aromatic amines is 2. The van der Waals surface area contributed by atoms with E-state index in [4.69, 9.17) is 4.98 Å². The molecular weight excluding hydrogens is 445 g/mol. The van der Waals surface area contributed by atoms with Gasteiger partial charge in [0.15, 0.2) is 11.5 Å². The van der Waals surface area contributed by atoms with Crippen molar-refractivity contribution in [1.82, 2.24) is 45.4 Å². The number of H-pyrrole nitrogens is 2. The van der Waals surface area contributed by atoms with E-state index in [2.05, 4.69) is 40.4 Å². The third-order valence-corrected chi connectivity index (χ3v) is 5.77. The first-order valence-corrected chi connectivity index (χ1v) is 11.2. The van der Waals surface area contributed by atoms with Gasteiger partial charge in [-0.3, -0.25) is 20.1 Å². The number of imidazole rings is 1. The molecule has 0 amide bonds. The van der Waals surface area contributed by atoms with Crippen LogP contribution in [0.5, 0.6) is 0 Å². The second-order valence-corrected chi connectivity index (χ2v) is 8.03. The molecule has 3 N–H and O–H groups in total. The maximum Gasteiger partial charge on any atom is 0.159 e. The zero-order valence-corrected chi connectivity index (χ0v) is 18.7. The van der Waals surface area contributed by atoms with Gasteiger partial charge in [-0.05, 0) is 36.4 Å². The summed E-state index contributed by atoms with van der Waals surface area (Å²) in [6.07, 6.45) is 10.0. The van der Waals surface area contributed by atoms with Gasteiger partial charge in [0.05, 0.1) is 16.6 Å². The highest BCUT2D eigenvalue weighted by molar-refractivity contribution is 5.96. The van der Waals surface area contributed by atoms with Gasteiger partial charge in [-0.1, -0.05) is 6.92 Å². The molecule has 172 valence electrons. The summed E-state index contributed by atoms with van der Waals surface area (Å²) in [6.45, 7) is 3.51. The van der Waals surface area contributed by atoms with Crippen molar-refractivity contribution in [2.24, 2.45) is 0 Å². The average Bonchev–Trinajstić information content (AvgIpc) is 3.53. The predicted octanol–water partition coefficient (Wildman–Crippen LogP) is 4.27. The van der Waals surface area contributed by atoms with E-state index in [-0.39, 0.29) is 5.39 Å². The van der Waals surface area contributed by atoms with Crippen molar-refractivity contribution in [2.75, 3.05) is 6.54 Å². The van der Waals surface area contributed by atoms with Gasteiger partial charge in [0, 0.05) is 60.4 Å². The number of nitrogens with zero attached hydrogens (tertiary/aromatic N) is 6. The molecule has 0 aliphatic rings. The molecule has 6 aromatic heterocycles. The molecule has 35 heavy (non-hydrogen) atoms. The molecule has 0 aliphatic carbocycles. The van der Waals surface area contributed by atoms with E-state index >= 15 is 4.39 Å². The van der Waals surface area contributed by atoms with E-state index in [1.54, 1.807) is 31.0 Å². The first-order chi connectivity index (χ1) is 17.2. The van der Waals surface area contributed by atoms with Crippen molar-refractivity contribution in [3.05, 3.63) is 72.8 Å². The Kier molecular flexibility index (Phi) is 5.19. The Morgan fingerprint density at radius 3 is 2.74 bits per heavy atom. The van der Waals surface area contributed by atoms with Crippen molar-refractivity contribution >= 4 is 22.1 Å². The van der Waals surface area contributed by atoms with E-state index in [0.717, 1.165) is 23.2 Å². The first-order valence-electron chi connectivity index (χ1n) is 11.2. The summed E-state index contributed by atoms with van der Waals surface area (Å²) in [6, 6.07) is 7.49. The molecular formula is C25H20FN9. The first kappa shape index (κ1) is 21.0. The third-order valence-electron chi connectivity index (χ3n) is 5.77. The van der Waals surface area contributed by atoms with Crippen molar-refractivity contribution in [1.29, 1.82) is 0 Å². The van der Waals surface area contributed by atoms with Crippen LogP contribution in [0.25, 0.3) is 56.0 Å². The molecule has 10 heteroatoms. The minimum atomic E-state index is -0.438. The van der Waals surface area contributed by atoms with Crippen molar-refractivity contribution < 1.29 is 4.39 Å². The number of hydrogen-bond donors (Lipinski definition) is 3. The van der Waals surface area contributed by atoms with E-state index in [9.17, 15) is 0 Å². The zero-order valence-electron chi connectivity index (χ0n) is 18.7. The van der Waals surface area contributed by atoms with Gasteiger partial charge in [-0.25, -0.2) is 14.4 Å². The summed E-state index contributed by atoms with van der Waals surface area (Å²) in [4.78, 5) is 25.3. The number of halogens is 1. The van der Waals surface area contributed by atoms with Gasteiger partial charge in [0.2, 0.25) is 0 Å². The molecule has 0 atom stereocenters. The van der Waals surface area contributed by atoms with Crippen LogP contribution in [0.15, 0.2) is 61.4 Å². The Bertz CT molecular complexity index is 1660. The summed E-state index contributed by atoms with van der Waals surface area (Å²) in [5.74, 6) is -0.0199. The standard InChI is InChI=1S/C25H20FN9/c1-2-27-9-14-8-16(12-29-10-14)17-13-31-24-19(20(17)26)23(34-35-24)25-32-18-5-7-30-21(22(18)33-25)15-4-3-6-28-11-15/h3-8,10-13,27H,2,9H2,1H3,(H,32,33)(H,31,34,35). The van der Waals surface area contributed by atoms with Crippen LogP contribution in [0.1, 0.15) is 12.5 Å². The topological polar surface area (TPSA) is 121 Å². The molecule has 0 aliphatic heterocycles. The number of rotatable bonds is 6. The van der Waals surface area contributed by atoms with Crippen LogP contribution in [0, 0.1) is 5.82 Å². The summed E-state index contributed by atoms with van der Waals surface area (Å²) in [5, 5.41) is 10.7. The fraction of sp³-hybridized carbons (Fsp3) is 0.120. The summed E-state index contributed by atoms with van der Waals surface area (Å²) < 4.78 is 15.9. The highest BCUT2D eigenvalue weighted by Crippen LogP contribution is 2.34. The van der Waals surface area contributed by atoms with Crippen LogP contribution in [-0.4, -0.2) is 46.6 Å². The van der Waals surface area contributed by atoms with Crippen molar-refractivity contribution in [3.8, 4) is 33.9 Å². The smallest absolute Gasteiger partial charge is 0.159 e. The lowest BCUT2D eigenvalue weighted by atomic mass is 10.1. The van der Waals surface area contributed by atoms with E-state index in [0.29, 0.717) is 46.0 Å². The van der Waals surface area contributed by atoms with E-state index < -0.39 is 5.82 Å². The zero-order chi connectivity index (χ0) is 23.8. The van der Waals surface area contributed by atoms with Gasteiger partial charge in [-0.15, -0.1) is 0 Å². The third kappa shape index (κ3) is 3.69. The second kappa shape index (κ2) is 8.65. The molecule has 0 radical (unpaired) electrons. The van der Waals surface area contributed by atoms with Crippen LogP contribution < -0.4 is 5.32 Å². The minimum absolute atomic E-state index is 0.259. The lowest BCUT2D eigenvalue weighted by molar-refractivity contribution is 0.642. The van der Waals surface area contributed by atoms with Crippen LogP contribution in [0.4, 0.5) is 4.39 Å². The van der Waals surface area contributed by atoms with Crippen molar-refractivity contribution in [3.63, 3.8) is 0 Å². The molecule has 0 saturated heterocycles. The van der Waals surface area contributed by atoms with E-state index in [1.165, 1.54) is 6.20 Å². The van der Waals surface area contributed by atoms with Crippen LogP contribution in [0.3, 0.4) is 0 Å². The molecule has 9 nitrogen and oxygen atoms in total. The lowest BCUT2D eigenvalue weighted by Crippen LogP contribution is -2.11. The molecule has 0 spiro atoms. The molecule has 6 heterocycles. The van der Waals surface area contributed by atoms with Gasteiger partial charge in [0.1, 0.15) is 17.0 Å². The molecule has 0 bridgehead atoms. The Hall–Kier alpha value is -4.57. The average molecular weight is 465 g/mol. The lowest BCUT2D eigenvalue weighted by Gasteiger charge is -2.07. The van der Waals surface area contributed by atoms with Crippen LogP contribution >= 0.6 is 0 Å². The van der Waals surface area contributed by atoms with Crippen molar-refractivity contribution in [2.45, 2.75) is 13.5 Å². The molecule has 6 rings (SSSR count). The number of hydrogen-bond acceptors (Lipinski definition) is 7. The summed E-state index contributed by atoms with van der Waals surface area (Å²) in [5.41, 5.74) is 5.56. The Morgan fingerprint density at radius 2 is 1.89 bits per heavy atom. The number of pyridine rings is 4. The van der Waals surface area contributed by atoms with Gasteiger partial charge < -0.3 is 10.3 Å². The van der Waals surface area contributed by atoms with Crippen LogP contribution in [-0.2, 0) is 6.54 Å².